The van der Waals surface area contributed by atoms with Gasteiger partial charge in [-0.25, -0.2) is 0 Å². The number of hydrogen-bond acceptors (Lipinski definition) is 2. The molecule has 4 fully saturated rings. The van der Waals surface area contributed by atoms with Crippen LogP contribution in [0.3, 0.4) is 0 Å². The van der Waals surface area contributed by atoms with E-state index in [2.05, 4.69) is 0 Å². The van der Waals surface area contributed by atoms with Crippen LogP contribution in [0.2, 0.25) is 0 Å². The minimum Gasteiger partial charge on any atom is -0.461 e. The molecule has 0 amide bonds. The van der Waals surface area contributed by atoms with Crippen LogP contribution in [-0.2, 0) is 26.6 Å². The van der Waals surface area contributed by atoms with Crippen molar-refractivity contribution in [1.82, 2.24) is 0 Å². The third-order valence-electron chi connectivity index (χ3n) is 4.28. The molecular weight excluding hydrogens is 228 g/mol. The van der Waals surface area contributed by atoms with Gasteiger partial charge in [0.15, 0.2) is 0 Å². The SMILES string of the molecule is O=COC12CC3CC(CC(C3)C1)C2.[Cu]. The Morgan fingerprint density at radius 2 is 1.43 bits per heavy atom. The van der Waals surface area contributed by atoms with Gasteiger partial charge in [-0.3, -0.25) is 4.79 Å². The molecule has 4 rings (SSSR count). The third kappa shape index (κ3) is 1.51. The Morgan fingerprint density at radius 1 is 1.00 bits per heavy atom. The Bertz CT molecular complexity index is 204. The molecule has 0 unspecified atom stereocenters. The van der Waals surface area contributed by atoms with Crippen molar-refractivity contribution in [2.75, 3.05) is 0 Å². The quantitative estimate of drug-likeness (QED) is 0.549. The minimum absolute atomic E-state index is 0. The summed E-state index contributed by atoms with van der Waals surface area (Å²) in [7, 11) is 0. The summed E-state index contributed by atoms with van der Waals surface area (Å²) in [6, 6.07) is 0. The maximum atomic E-state index is 10.5. The molecule has 0 spiro atoms. The van der Waals surface area contributed by atoms with E-state index < -0.39 is 0 Å². The average molecular weight is 244 g/mol. The van der Waals surface area contributed by atoms with Crippen molar-refractivity contribution in [3.63, 3.8) is 0 Å². The van der Waals surface area contributed by atoms with E-state index in [9.17, 15) is 4.79 Å². The molecule has 4 saturated carbocycles. The molecule has 0 aromatic heterocycles. The van der Waals surface area contributed by atoms with Crippen molar-refractivity contribution < 1.29 is 26.6 Å². The van der Waals surface area contributed by atoms with Crippen LogP contribution >= 0.6 is 0 Å². The Balaban J connectivity index is 0.000000750. The van der Waals surface area contributed by atoms with Crippen LogP contribution in [0.15, 0.2) is 0 Å². The molecule has 0 saturated heterocycles. The topological polar surface area (TPSA) is 26.3 Å². The molecule has 4 bridgehead atoms. The predicted octanol–water partition coefficient (Wildman–Crippen LogP) is 2.13. The number of rotatable bonds is 2. The fraction of sp³-hybridized carbons (Fsp3) is 0.909. The summed E-state index contributed by atoms with van der Waals surface area (Å²) < 4.78 is 5.36. The third-order valence-corrected chi connectivity index (χ3v) is 4.28. The molecule has 1 radical (unpaired) electrons. The second-order valence-corrected chi connectivity index (χ2v) is 5.31. The first kappa shape index (κ1) is 10.5. The van der Waals surface area contributed by atoms with Gasteiger partial charge in [0, 0.05) is 17.1 Å². The zero-order valence-electron chi connectivity index (χ0n) is 8.17. The molecule has 0 aromatic rings. The van der Waals surface area contributed by atoms with Crippen molar-refractivity contribution in [3.05, 3.63) is 0 Å². The van der Waals surface area contributed by atoms with E-state index in [4.69, 9.17) is 4.74 Å². The van der Waals surface area contributed by atoms with Gasteiger partial charge in [-0.05, 0) is 56.3 Å². The van der Waals surface area contributed by atoms with E-state index in [0.29, 0.717) is 6.47 Å². The second kappa shape index (κ2) is 3.53. The summed E-state index contributed by atoms with van der Waals surface area (Å²) in [6.45, 7) is 0.674. The fourth-order valence-corrected chi connectivity index (χ4v) is 4.28. The zero-order valence-corrected chi connectivity index (χ0v) is 9.11. The Hall–Kier alpha value is -0.0105. The average Bonchev–Trinajstić information content (AvgIpc) is 2.00. The molecule has 0 N–H and O–H groups in total. The van der Waals surface area contributed by atoms with Crippen molar-refractivity contribution in [1.29, 1.82) is 0 Å². The second-order valence-electron chi connectivity index (χ2n) is 5.31. The van der Waals surface area contributed by atoms with Gasteiger partial charge in [0.2, 0.25) is 0 Å². The van der Waals surface area contributed by atoms with Crippen LogP contribution in [0.1, 0.15) is 38.5 Å². The summed E-state index contributed by atoms with van der Waals surface area (Å²) >= 11 is 0. The Kier molecular flexibility index (Phi) is 2.65. The largest absolute Gasteiger partial charge is 0.461 e. The van der Waals surface area contributed by atoms with Gasteiger partial charge in [-0.15, -0.1) is 0 Å². The monoisotopic (exact) mass is 243 g/mol. The van der Waals surface area contributed by atoms with E-state index in [1.54, 1.807) is 0 Å². The molecule has 4 aliphatic rings. The van der Waals surface area contributed by atoms with Crippen LogP contribution in [0.25, 0.3) is 0 Å². The van der Waals surface area contributed by atoms with Crippen molar-refractivity contribution in [3.8, 4) is 0 Å². The molecule has 0 atom stereocenters. The number of hydrogen-bond donors (Lipinski definition) is 0. The van der Waals surface area contributed by atoms with Gasteiger partial charge in [0.25, 0.3) is 6.47 Å². The van der Waals surface area contributed by atoms with Crippen molar-refractivity contribution in [2.45, 2.75) is 44.1 Å². The van der Waals surface area contributed by atoms with Gasteiger partial charge in [-0.2, -0.15) is 0 Å². The summed E-state index contributed by atoms with van der Waals surface area (Å²) in [4.78, 5) is 10.5. The molecule has 0 heterocycles. The van der Waals surface area contributed by atoms with E-state index in [-0.39, 0.29) is 22.7 Å². The van der Waals surface area contributed by atoms with Crippen LogP contribution < -0.4 is 0 Å². The first-order chi connectivity index (χ1) is 6.30. The van der Waals surface area contributed by atoms with Gasteiger partial charge in [0.05, 0.1) is 0 Å². The van der Waals surface area contributed by atoms with E-state index in [1.807, 2.05) is 0 Å². The maximum Gasteiger partial charge on any atom is 0.293 e. The molecule has 0 aromatic carbocycles. The smallest absolute Gasteiger partial charge is 0.293 e. The number of carbonyl (C=O) groups excluding carboxylic acids is 1. The maximum absolute atomic E-state index is 10.5. The molecule has 83 valence electrons. The molecule has 3 heteroatoms. The van der Waals surface area contributed by atoms with E-state index in [0.717, 1.165) is 37.0 Å². The Morgan fingerprint density at radius 3 is 1.79 bits per heavy atom. The van der Waals surface area contributed by atoms with Crippen LogP contribution in [0, 0.1) is 17.8 Å². The molecular formula is C11H16CuO2. The first-order valence-electron chi connectivity index (χ1n) is 5.41. The minimum atomic E-state index is -0.0174. The molecule has 2 nitrogen and oxygen atoms in total. The van der Waals surface area contributed by atoms with Crippen LogP contribution in [-0.4, -0.2) is 12.1 Å². The zero-order chi connectivity index (χ0) is 8.89. The van der Waals surface area contributed by atoms with Crippen LogP contribution in [0.5, 0.6) is 0 Å². The summed E-state index contributed by atoms with van der Waals surface area (Å²) in [5.74, 6) is 2.60. The number of carbonyl (C=O) groups is 1. The molecule has 0 aliphatic heterocycles. The first-order valence-corrected chi connectivity index (χ1v) is 5.41. The van der Waals surface area contributed by atoms with Gasteiger partial charge in [0.1, 0.15) is 5.60 Å². The standard InChI is InChI=1S/C11H16O2.Cu/c12-7-13-11-4-8-1-9(5-11)3-10(2-8)6-11;/h7-10H,1-6H2;. The van der Waals surface area contributed by atoms with E-state index >= 15 is 0 Å². The molecule has 4 aliphatic carbocycles. The van der Waals surface area contributed by atoms with Gasteiger partial charge >= 0.3 is 0 Å². The summed E-state index contributed by atoms with van der Waals surface area (Å²) in [5, 5.41) is 0. The summed E-state index contributed by atoms with van der Waals surface area (Å²) in [6.07, 6.45) is 7.66. The van der Waals surface area contributed by atoms with Gasteiger partial charge in [-0.1, -0.05) is 0 Å². The van der Waals surface area contributed by atoms with Gasteiger partial charge < -0.3 is 4.74 Å². The Labute approximate surface area is 95.2 Å². The van der Waals surface area contributed by atoms with Crippen molar-refractivity contribution in [2.24, 2.45) is 17.8 Å². The number of ether oxygens (including phenoxy) is 1. The fourth-order valence-electron chi connectivity index (χ4n) is 4.28. The van der Waals surface area contributed by atoms with Crippen molar-refractivity contribution >= 4 is 6.47 Å². The van der Waals surface area contributed by atoms with E-state index in [1.165, 1.54) is 19.3 Å². The molecule has 14 heavy (non-hydrogen) atoms. The normalized spacial score (nSPS) is 48.4. The summed E-state index contributed by atoms with van der Waals surface area (Å²) in [5.41, 5.74) is -0.0174. The predicted molar refractivity (Wildman–Crippen MR) is 48.1 cm³/mol. The van der Waals surface area contributed by atoms with Crippen LogP contribution in [0.4, 0.5) is 0 Å².